The van der Waals surface area contributed by atoms with E-state index in [0.717, 1.165) is 5.56 Å². The summed E-state index contributed by atoms with van der Waals surface area (Å²) in [5.74, 6) is -0.752. The van der Waals surface area contributed by atoms with Crippen molar-refractivity contribution in [2.24, 2.45) is 0 Å². The monoisotopic (exact) mass is 196 g/mol. The Morgan fingerprint density at radius 2 is 2.31 bits per heavy atom. The minimum absolute atomic E-state index is 0.207. The largest absolute Gasteiger partial charge is 0.478 e. The number of aromatic carboxylic acids is 1. The van der Waals surface area contributed by atoms with Crippen LogP contribution in [0.15, 0.2) is 24.8 Å². The minimum Gasteiger partial charge on any atom is -0.478 e. The van der Waals surface area contributed by atoms with Crippen LogP contribution in [-0.4, -0.2) is 11.1 Å². The van der Waals surface area contributed by atoms with Crippen molar-refractivity contribution in [3.8, 4) is 0 Å². The van der Waals surface area contributed by atoms with Crippen LogP contribution >= 0.6 is 11.6 Å². The van der Waals surface area contributed by atoms with Crippen LogP contribution in [0.3, 0.4) is 0 Å². The lowest BCUT2D eigenvalue weighted by atomic mass is 10.1. The van der Waals surface area contributed by atoms with Gasteiger partial charge >= 0.3 is 5.97 Å². The molecule has 0 unspecified atom stereocenters. The zero-order valence-electron chi connectivity index (χ0n) is 6.96. The molecule has 0 aliphatic heterocycles. The van der Waals surface area contributed by atoms with Gasteiger partial charge in [0.15, 0.2) is 0 Å². The molecule has 0 saturated heterocycles. The number of carbonyl (C=O) groups is 1. The molecule has 1 rings (SSSR count). The topological polar surface area (TPSA) is 37.3 Å². The molecule has 1 N–H and O–H groups in total. The Morgan fingerprint density at radius 3 is 2.77 bits per heavy atom. The van der Waals surface area contributed by atoms with Gasteiger partial charge in [-0.2, -0.15) is 0 Å². The predicted octanol–water partition coefficient (Wildman–Crippen LogP) is 2.77. The van der Waals surface area contributed by atoms with Gasteiger partial charge < -0.3 is 5.11 Å². The summed E-state index contributed by atoms with van der Waals surface area (Å²) in [6.45, 7) is 3.56. The molecule has 13 heavy (non-hydrogen) atoms. The Morgan fingerprint density at radius 1 is 1.62 bits per heavy atom. The molecule has 0 spiro atoms. The van der Waals surface area contributed by atoms with Crippen molar-refractivity contribution in [2.75, 3.05) is 0 Å². The fourth-order valence-electron chi connectivity index (χ4n) is 1.04. The molecule has 0 bridgehead atoms. The summed E-state index contributed by atoms with van der Waals surface area (Å²) in [7, 11) is 0. The highest BCUT2D eigenvalue weighted by Crippen LogP contribution is 2.15. The van der Waals surface area contributed by atoms with E-state index in [9.17, 15) is 4.79 Å². The highest BCUT2D eigenvalue weighted by molar-refractivity contribution is 6.17. The van der Waals surface area contributed by atoms with Gasteiger partial charge in [-0.25, -0.2) is 4.79 Å². The molecule has 0 saturated carbocycles. The Bertz CT molecular complexity index is 345. The van der Waals surface area contributed by atoms with E-state index in [1.165, 1.54) is 0 Å². The lowest BCUT2D eigenvalue weighted by Gasteiger charge is -2.03. The Labute approximate surface area is 81.5 Å². The van der Waals surface area contributed by atoms with Gasteiger partial charge in [-0.05, 0) is 17.2 Å². The lowest BCUT2D eigenvalue weighted by molar-refractivity contribution is 0.0696. The second kappa shape index (κ2) is 4.10. The van der Waals surface area contributed by atoms with E-state index in [-0.39, 0.29) is 11.4 Å². The summed E-state index contributed by atoms with van der Waals surface area (Å²) in [6.07, 6.45) is 1.60. The standard InChI is InChI=1S/C10H9ClO2/c1-2-7-3-4-8(6-11)9(5-7)10(12)13/h2-5H,1,6H2,(H,12,13). The first-order chi connectivity index (χ1) is 6.19. The van der Waals surface area contributed by atoms with Crippen molar-refractivity contribution in [2.45, 2.75) is 5.88 Å². The van der Waals surface area contributed by atoms with E-state index >= 15 is 0 Å². The van der Waals surface area contributed by atoms with E-state index in [1.807, 2.05) is 0 Å². The van der Waals surface area contributed by atoms with Crippen molar-refractivity contribution in [1.82, 2.24) is 0 Å². The molecule has 0 atom stereocenters. The minimum atomic E-state index is -0.959. The summed E-state index contributed by atoms with van der Waals surface area (Å²) >= 11 is 5.58. The molecule has 0 fully saturated rings. The van der Waals surface area contributed by atoms with Crippen LogP contribution in [0.25, 0.3) is 6.08 Å². The number of carboxylic acid groups (broad SMARTS) is 1. The van der Waals surface area contributed by atoms with Crippen molar-refractivity contribution in [3.05, 3.63) is 41.5 Å². The first-order valence-electron chi connectivity index (χ1n) is 3.73. The maximum absolute atomic E-state index is 10.8. The Hall–Kier alpha value is -1.28. The SMILES string of the molecule is C=Cc1ccc(CCl)c(C(=O)O)c1. The smallest absolute Gasteiger partial charge is 0.336 e. The number of alkyl halides is 1. The van der Waals surface area contributed by atoms with Crippen LogP contribution in [0.1, 0.15) is 21.5 Å². The molecular formula is C10H9ClO2. The third-order valence-electron chi connectivity index (χ3n) is 1.74. The van der Waals surface area contributed by atoms with E-state index in [1.54, 1.807) is 24.3 Å². The number of hydrogen-bond donors (Lipinski definition) is 1. The number of carboxylic acids is 1. The maximum atomic E-state index is 10.8. The van der Waals surface area contributed by atoms with E-state index in [2.05, 4.69) is 6.58 Å². The summed E-state index contributed by atoms with van der Waals surface area (Å²) in [5, 5.41) is 8.82. The lowest BCUT2D eigenvalue weighted by Crippen LogP contribution is -2.01. The average molecular weight is 197 g/mol. The number of benzene rings is 1. The van der Waals surface area contributed by atoms with Crippen LogP contribution in [0.2, 0.25) is 0 Å². The summed E-state index contributed by atoms with van der Waals surface area (Å²) < 4.78 is 0. The van der Waals surface area contributed by atoms with Crippen molar-refractivity contribution < 1.29 is 9.90 Å². The van der Waals surface area contributed by atoms with E-state index < -0.39 is 5.97 Å². The zero-order valence-corrected chi connectivity index (χ0v) is 7.71. The molecule has 1 aromatic carbocycles. The van der Waals surface area contributed by atoms with Crippen LogP contribution in [0.4, 0.5) is 0 Å². The first kappa shape index (κ1) is 9.81. The average Bonchev–Trinajstić information content (AvgIpc) is 2.16. The van der Waals surface area contributed by atoms with Gasteiger partial charge in [0.05, 0.1) is 5.56 Å². The molecular weight excluding hydrogens is 188 g/mol. The van der Waals surface area contributed by atoms with Crippen LogP contribution in [0.5, 0.6) is 0 Å². The highest BCUT2D eigenvalue weighted by atomic mass is 35.5. The predicted molar refractivity (Wildman–Crippen MR) is 53.0 cm³/mol. The van der Waals surface area contributed by atoms with Gasteiger partial charge in [0.2, 0.25) is 0 Å². The maximum Gasteiger partial charge on any atom is 0.336 e. The molecule has 0 radical (unpaired) electrons. The highest BCUT2D eigenvalue weighted by Gasteiger charge is 2.08. The van der Waals surface area contributed by atoms with Gasteiger partial charge in [-0.3, -0.25) is 0 Å². The van der Waals surface area contributed by atoms with Crippen LogP contribution < -0.4 is 0 Å². The van der Waals surface area contributed by atoms with E-state index in [0.29, 0.717) is 5.56 Å². The second-order valence-electron chi connectivity index (χ2n) is 2.56. The molecule has 2 nitrogen and oxygen atoms in total. The van der Waals surface area contributed by atoms with Gasteiger partial charge in [0.25, 0.3) is 0 Å². The third kappa shape index (κ3) is 2.10. The fraction of sp³-hybridized carbons (Fsp3) is 0.100. The quantitative estimate of drug-likeness (QED) is 0.755. The molecule has 3 heteroatoms. The zero-order chi connectivity index (χ0) is 9.84. The summed E-state index contributed by atoms with van der Waals surface area (Å²) in [6, 6.07) is 5.05. The molecule has 68 valence electrons. The molecule has 0 amide bonds. The number of hydrogen-bond acceptors (Lipinski definition) is 1. The van der Waals surface area contributed by atoms with Crippen molar-refractivity contribution >= 4 is 23.6 Å². The molecule has 0 heterocycles. The normalized spacial score (nSPS) is 9.62. The fourth-order valence-corrected chi connectivity index (χ4v) is 1.27. The third-order valence-corrected chi connectivity index (χ3v) is 2.03. The number of halogens is 1. The Kier molecular flexibility index (Phi) is 3.09. The van der Waals surface area contributed by atoms with Crippen molar-refractivity contribution in [3.63, 3.8) is 0 Å². The van der Waals surface area contributed by atoms with Gasteiger partial charge in [-0.1, -0.05) is 24.8 Å². The van der Waals surface area contributed by atoms with E-state index in [4.69, 9.17) is 16.7 Å². The number of rotatable bonds is 3. The molecule has 0 aromatic heterocycles. The van der Waals surface area contributed by atoms with Crippen LogP contribution in [-0.2, 0) is 5.88 Å². The Balaban J connectivity index is 3.25. The summed E-state index contributed by atoms with van der Waals surface area (Å²) in [5.41, 5.74) is 1.65. The first-order valence-corrected chi connectivity index (χ1v) is 4.27. The van der Waals surface area contributed by atoms with Gasteiger partial charge in [0, 0.05) is 5.88 Å². The molecule has 1 aromatic rings. The van der Waals surface area contributed by atoms with Gasteiger partial charge in [-0.15, -0.1) is 11.6 Å². The molecule has 0 aliphatic carbocycles. The molecule has 0 aliphatic rings. The van der Waals surface area contributed by atoms with Crippen LogP contribution in [0, 0.1) is 0 Å². The second-order valence-corrected chi connectivity index (χ2v) is 2.83. The summed E-state index contributed by atoms with van der Waals surface area (Å²) in [4.78, 5) is 10.8. The van der Waals surface area contributed by atoms with Crippen molar-refractivity contribution in [1.29, 1.82) is 0 Å². The van der Waals surface area contributed by atoms with Gasteiger partial charge in [0.1, 0.15) is 0 Å².